The minimum Gasteiger partial charge on any atom is -0.493 e. The van der Waals surface area contributed by atoms with E-state index in [-0.39, 0.29) is 18.5 Å². The number of ether oxygens (including phenoxy) is 2. The van der Waals surface area contributed by atoms with E-state index in [1.807, 2.05) is 50.2 Å². The molecular weight excluding hydrogens is 380 g/mol. The molecule has 0 unspecified atom stereocenters. The van der Waals surface area contributed by atoms with Gasteiger partial charge in [-0.1, -0.05) is 23.7 Å². The average molecular weight is 401 g/mol. The normalized spacial score (nSPS) is 11.8. The summed E-state index contributed by atoms with van der Waals surface area (Å²) in [5.74, 6) is 0.502. The highest BCUT2D eigenvalue weighted by molar-refractivity contribution is 6.30. The number of nitrogens with zero attached hydrogens (tertiary/aromatic N) is 4. The number of halogens is 1. The first-order chi connectivity index (χ1) is 13.5. The molecule has 3 aromatic rings. The molecule has 8 heteroatoms. The third-order valence-electron chi connectivity index (χ3n) is 4.18. The molecule has 0 aliphatic heterocycles. The Kier molecular flexibility index (Phi) is 6.60. The number of aryl methyl sites for hydroxylation is 1. The Bertz CT molecular complexity index is 931. The second-order valence-electron chi connectivity index (χ2n) is 6.34. The van der Waals surface area contributed by atoms with Gasteiger partial charge in [-0.2, -0.15) is 0 Å². The molecule has 0 bridgehead atoms. The molecule has 0 saturated carbocycles. The zero-order valence-electron chi connectivity index (χ0n) is 15.7. The van der Waals surface area contributed by atoms with E-state index in [4.69, 9.17) is 21.1 Å². The number of carbonyl (C=O) groups is 1. The molecule has 0 spiro atoms. The quantitative estimate of drug-likeness (QED) is 0.418. The van der Waals surface area contributed by atoms with Crippen LogP contribution in [0, 0.1) is 6.92 Å². The van der Waals surface area contributed by atoms with Gasteiger partial charge in [-0.3, -0.25) is 4.79 Å². The van der Waals surface area contributed by atoms with Crippen molar-refractivity contribution in [1.29, 1.82) is 0 Å². The van der Waals surface area contributed by atoms with Gasteiger partial charge in [-0.15, -0.1) is 5.10 Å². The molecule has 1 heterocycles. The van der Waals surface area contributed by atoms with Gasteiger partial charge in [0, 0.05) is 11.4 Å². The summed E-state index contributed by atoms with van der Waals surface area (Å²) in [5.41, 5.74) is 2.64. The van der Waals surface area contributed by atoms with Crippen LogP contribution in [0.4, 0.5) is 0 Å². The number of aromatic nitrogens is 4. The van der Waals surface area contributed by atoms with Crippen molar-refractivity contribution in [3.63, 3.8) is 0 Å². The predicted octanol–water partition coefficient (Wildman–Crippen LogP) is 4.09. The number of hydrogen-bond acceptors (Lipinski definition) is 6. The molecule has 1 aromatic heterocycles. The van der Waals surface area contributed by atoms with E-state index in [0.29, 0.717) is 18.1 Å². The molecule has 0 radical (unpaired) electrons. The van der Waals surface area contributed by atoms with Gasteiger partial charge in [0.25, 0.3) is 0 Å². The molecule has 7 nitrogen and oxygen atoms in total. The van der Waals surface area contributed by atoms with Gasteiger partial charge in [0.2, 0.25) is 0 Å². The average Bonchev–Trinajstić information content (AvgIpc) is 3.21. The molecule has 0 aliphatic carbocycles. The number of hydrogen-bond donors (Lipinski definition) is 0. The topological polar surface area (TPSA) is 79.1 Å². The van der Waals surface area contributed by atoms with E-state index in [0.717, 1.165) is 22.6 Å². The Morgan fingerprint density at radius 1 is 1.25 bits per heavy atom. The largest absolute Gasteiger partial charge is 0.493 e. The maximum absolute atomic E-state index is 12.1. The highest BCUT2D eigenvalue weighted by Gasteiger charge is 2.13. The lowest BCUT2D eigenvalue weighted by molar-refractivity contribution is -0.148. The van der Waals surface area contributed by atoms with Crippen LogP contribution in [-0.2, 0) is 9.53 Å². The van der Waals surface area contributed by atoms with Crippen LogP contribution in [0.5, 0.6) is 5.75 Å². The Balaban J connectivity index is 1.46. The van der Waals surface area contributed by atoms with Crippen LogP contribution < -0.4 is 4.74 Å². The molecule has 0 amide bonds. The molecular formula is C20H21ClN4O3. The number of benzene rings is 2. The van der Waals surface area contributed by atoms with Crippen molar-refractivity contribution < 1.29 is 14.3 Å². The summed E-state index contributed by atoms with van der Waals surface area (Å²) in [5, 5.41) is 11.8. The number of esters is 1. The first kappa shape index (κ1) is 19.8. The fourth-order valence-electron chi connectivity index (χ4n) is 2.70. The standard InChI is InChI=1S/C20H21ClN4O3/c1-14-11-17(21)8-9-19(14)27-10-4-7-20(26)28-15(2)16-5-3-6-18(12-16)25-13-22-23-24-25/h3,5-6,8-9,11-13,15H,4,7,10H2,1-2H3/t15-/m0/s1. The fourth-order valence-corrected chi connectivity index (χ4v) is 2.92. The van der Waals surface area contributed by atoms with Gasteiger partial charge in [-0.25, -0.2) is 4.68 Å². The third kappa shape index (κ3) is 5.29. The third-order valence-corrected chi connectivity index (χ3v) is 4.42. The Hall–Kier alpha value is -2.93. The van der Waals surface area contributed by atoms with Gasteiger partial charge in [-0.05, 0) is 72.2 Å². The summed E-state index contributed by atoms with van der Waals surface area (Å²) in [6.45, 7) is 4.20. The van der Waals surface area contributed by atoms with Crippen LogP contribution in [0.1, 0.15) is 37.0 Å². The Labute approximate surface area is 168 Å². The predicted molar refractivity (Wildman–Crippen MR) is 105 cm³/mol. The van der Waals surface area contributed by atoms with Crippen molar-refractivity contribution in [2.75, 3.05) is 6.61 Å². The number of carbonyl (C=O) groups excluding carboxylic acids is 1. The lowest BCUT2D eigenvalue weighted by Gasteiger charge is -2.15. The van der Waals surface area contributed by atoms with Crippen molar-refractivity contribution in [2.24, 2.45) is 0 Å². The second kappa shape index (κ2) is 9.32. The summed E-state index contributed by atoms with van der Waals surface area (Å²) in [4.78, 5) is 12.1. The van der Waals surface area contributed by atoms with E-state index >= 15 is 0 Å². The van der Waals surface area contributed by atoms with Crippen LogP contribution in [-0.4, -0.2) is 32.8 Å². The Morgan fingerprint density at radius 2 is 2.11 bits per heavy atom. The van der Waals surface area contributed by atoms with Gasteiger partial charge >= 0.3 is 5.97 Å². The van der Waals surface area contributed by atoms with Crippen LogP contribution in [0.2, 0.25) is 5.02 Å². The summed E-state index contributed by atoms with van der Waals surface area (Å²) in [7, 11) is 0. The molecule has 28 heavy (non-hydrogen) atoms. The Morgan fingerprint density at radius 3 is 2.86 bits per heavy atom. The second-order valence-corrected chi connectivity index (χ2v) is 6.78. The maximum Gasteiger partial charge on any atom is 0.306 e. The lowest BCUT2D eigenvalue weighted by Crippen LogP contribution is -2.11. The number of tetrazole rings is 1. The molecule has 0 saturated heterocycles. The summed E-state index contributed by atoms with van der Waals surface area (Å²) >= 11 is 5.93. The fraction of sp³-hybridized carbons (Fsp3) is 0.300. The molecule has 0 fully saturated rings. The van der Waals surface area contributed by atoms with E-state index < -0.39 is 0 Å². The van der Waals surface area contributed by atoms with Crippen LogP contribution in [0.3, 0.4) is 0 Å². The van der Waals surface area contributed by atoms with E-state index in [2.05, 4.69) is 15.5 Å². The minimum absolute atomic E-state index is 0.267. The van der Waals surface area contributed by atoms with Crippen molar-refractivity contribution >= 4 is 17.6 Å². The van der Waals surface area contributed by atoms with E-state index in [9.17, 15) is 4.79 Å². The van der Waals surface area contributed by atoms with Gasteiger partial charge in [0.05, 0.1) is 12.3 Å². The zero-order valence-corrected chi connectivity index (χ0v) is 16.5. The molecule has 0 N–H and O–H groups in total. The van der Waals surface area contributed by atoms with Gasteiger partial charge in [0.15, 0.2) is 0 Å². The van der Waals surface area contributed by atoms with E-state index in [1.54, 1.807) is 10.7 Å². The van der Waals surface area contributed by atoms with E-state index in [1.165, 1.54) is 6.33 Å². The lowest BCUT2D eigenvalue weighted by atomic mass is 10.1. The van der Waals surface area contributed by atoms with Crippen molar-refractivity contribution in [3.05, 3.63) is 64.9 Å². The SMILES string of the molecule is Cc1cc(Cl)ccc1OCCCC(=O)O[C@@H](C)c1cccc(-n2cnnn2)c1. The monoisotopic (exact) mass is 400 g/mol. The molecule has 3 rings (SSSR count). The van der Waals surface area contributed by atoms with Crippen LogP contribution in [0.15, 0.2) is 48.8 Å². The summed E-state index contributed by atoms with van der Waals surface area (Å²) in [6, 6.07) is 13.0. The van der Waals surface area contributed by atoms with Gasteiger partial charge < -0.3 is 9.47 Å². The first-order valence-corrected chi connectivity index (χ1v) is 9.32. The summed E-state index contributed by atoms with van der Waals surface area (Å²) < 4.78 is 12.8. The van der Waals surface area contributed by atoms with Crippen LogP contribution in [0.25, 0.3) is 5.69 Å². The molecule has 2 aromatic carbocycles. The molecule has 0 aliphatic rings. The van der Waals surface area contributed by atoms with Gasteiger partial charge in [0.1, 0.15) is 18.2 Å². The van der Waals surface area contributed by atoms with Crippen molar-refractivity contribution in [2.45, 2.75) is 32.8 Å². The maximum atomic E-state index is 12.1. The zero-order chi connectivity index (χ0) is 19.9. The highest BCUT2D eigenvalue weighted by Crippen LogP contribution is 2.23. The summed E-state index contributed by atoms with van der Waals surface area (Å²) in [6.07, 6.45) is 1.99. The number of rotatable bonds is 8. The van der Waals surface area contributed by atoms with Crippen molar-refractivity contribution in [1.82, 2.24) is 20.2 Å². The molecule has 1 atom stereocenters. The highest BCUT2D eigenvalue weighted by atomic mass is 35.5. The molecule has 146 valence electrons. The minimum atomic E-state index is -0.372. The smallest absolute Gasteiger partial charge is 0.306 e. The van der Waals surface area contributed by atoms with Crippen molar-refractivity contribution in [3.8, 4) is 11.4 Å². The van der Waals surface area contributed by atoms with Crippen LogP contribution >= 0.6 is 11.6 Å². The first-order valence-electron chi connectivity index (χ1n) is 8.94.